The maximum absolute atomic E-state index is 13.3. The Kier molecular flexibility index (Phi) is 6.13. The van der Waals surface area contributed by atoms with Crippen LogP contribution in [0.2, 0.25) is 0 Å². The number of ether oxygens (including phenoxy) is 1. The average molecular weight is 376 g/mol. The molecule has 0 spiro atoms. The molecule has 1 unspecified atom stereocenters. The number of Topliss-reactive ketones (excluding diaryl/α,β-unsaturated/α-hetero) is 1. The summed E-state index contributed by atoms with van der Waals surface area (Å²) in [5, 5.41) is 2.95. The van der Waals surface area contributed by atoms with Crippen LogP contribution in [-0.2, 0) is 4.74 Å². The molecule has 1 fully saturated rings. The van der Waals surface area contributed by atoms with E-state index in [2.05, 4.69) is 10.2 Å². The molecule has 2 heterocycles. The van der Waals surface area contributed by atoms with Crippen molar-refractivity contribution in [2.75, 3.05) is 32.8 Å². The lowest BCUT2D eigenvalue weighted by molar-refractivity contribution is 0.0162. The highest BCUT2D eigenvalue weighted by Gasteiger charge is 2.23. The van der Waals surface area contributed by atoms with Crippen molar-refractivity contribution < 1.29 is 18.7 Å². The van der Waals surface area contributed by atoms with Gasteiger partial charge in [-0.1, -0.05) is 12.1 Å². The van der Waals surface area contributed by atoms with Gasteiger partial charge in [0.05, 0.1) is 29.0 Å². The number of rotatable bonds is 6. The molecule has 0 aliphatic carbocycles. The maximum atomic E-state index is 13.3. The van der Waals surface area contributed by atoms with E-state index in [-0.39, 0.29) is 23.5 Å². The van der Waals surface area contributed by atoms with Gasteiger partial charge < -0.3 is 10.1 Å². The number of carbonyl (C=O) groups excluding carboxylic acids is 2. The summed E-state index contributed by atoms with van der Waals surface area (Å²) in [5.74, 6) is -0.539. The minimum atomic E-state index is -0.283. The van der Waals surface area contributed by atoms with Gasteiger partial charge in [-0.2, -0.15) is 0 Å². The zero-order chi connectivity index (χ0) is 18.5. The van der Waals surface area contributed by atoms with Crippen molar-refractivity contribution >= 4 is 23.0 Å². The molecule has 0 saturated carbocycles. The van der Waals surface area contributed by atoms with Crippen LogP contribution in [0.1, 0.15) is 37.9 Å². The zero-order valence-corrected chi connectivity index (χ0v) is 15.4. The highest BCUT2D eigenvalue weighted by Crippen LogP contribution is 2.22. The number of hydrogen-bond donors (Lipinski definition) is 1. The third-order valence-corrected chi connectivity index (χ3v) is 5.56. The summed E-state index contributed by atoms with van der Waals surface area (Å²) in [6.45, 7) is 4.67. The van der Waals surface area contributed by atoms with E-state index in [1.807, 2.05) is 0 Å². The van der Waals surface area contributed by atoms with E-state index in [1.54, 1.807) is 24.3 Å². The minimum Gasteiger partial charge on any atom is -0.379 e. The standard InChI is InChI=1S/C19H21FN2O3S/c1-13(23)17-6-7-18(26-17)19(24)21-12-16(22-8-10-25-11-9-22)14-2-4-15(20)5-3-14/h2-7,16H,8-12H2,1H3,(H,21,24). The molecule has 1 aliphatic heterocycles. The van der Waals surface area contributed by atoms with E-state index in [1.165, 1.54) is 30.4 Å². The Hall–Kier alpha value is -2.09. The molecular formula is C19H21FN2O3S. The summed E-state index contributed by atoms with van der Waals surface area (Å²) in [7, 11) is 0. The molecule has 1 atom stereocenters. The average Bonchev–Trinajstić information content (AvgIpc) is 3.15. The third kappa shape index (κ3) is 4.55. The smallest absolute Gasteiger partial charge is 0.261 e. The number of benzene rings is 1. The van der Waals surface area contributed by atoms with Crippen molar-refractivity contribution in [2.24, 2.45) is 0 Å². The molecule has 26 heavy (non-hydrogen) atoms. The molecule has 1 saturated heterocycles. The van der Waals surface area contributed by atoms with Gasteiger partial charge in [0.1, 0.15) is 5.82 Å². The molecule has 0 bridgehead atoms. The Labute approximate surface area is 155 Å². The predicted octanol–water partition coefficient (Wildman–Crippen LogP) is 2.89. The molecule has 1 aromatic heterocycles. The summed E-state index contributed by atoms with van der Waals surface area (Å²) < 4.78 is 18.7. The Bertz CT molecular complexity index is 769. The van der Waals surface area contributed by atoms with Crippen LogP contribution in [0.15, 0.2) is 36.4 Å². The van der Waals surface area contributed by atoms with Crippen molar-refractivity contribution in [3.63, 3.8) is 0 Å². The summed E-state index contributed by atoms with van der Waals surface area (Å²) in [6.07, 6.45) is 0. The van der Waals surface area contributed by atoms with E-state index < -0.39 is 0 Å². The van der Waals surface area contributed by atoms with Crippen molar-refractivity contribution in [2.45, 2.75) is 13.0 Å². The molecule has 0 radical (unpaired) electrons. The van der Waals surface area contributed by atoms with Crippen molar-refractivity contribution in [1.82, 2.24) is 10.2 Å². The number of ketones is 1. The zero-order valence-electron chi connectivity index (χ0n) is 14.5. The molecule has 1 N–H and O–H groups in total. The summed E-state index contributed by atoms with van der Waals surface area (Å²) in [5.41, 5.74) is 0.948. The lowest BCUT2D eigenvalue weighted by Gasteiger charge is -2.34. The van der Waals surface area contributed by atoms with Crippen LogP contribution < -0.4 is 5.32 Å². The van der Waals surface area contributed by atoms with Gasteiger partial charge in [-0.3, -0.25) is 14.5 Å². The first kappa shape index (κ1) is 18.7. The van der Waals surface area contributed by atoms with Gasteiger partial charge in [0.15, 0.2) is 5.78 Å². The highest BCUT2D eigenvalue weighted by molar-refractivity contribution is 7.15. The Balaban J connectivity index is 1.71. The number of amides is 1. The minimum absolute atomic E-state index is 0.0495. The number of morpholine rings is 1. The molecule has 1 amide bonds. The lowest BCUT2D eigenvalue weighted by atomic mass is 10.0. The largest absolute Gasteiger partial charge is 0.379 e. The summed E-state index contributed by atoms with van der Waals surface area (Å²) in [6, 6.07) is 9.64. The number of nitrogens with one attached hydrogen (secondary N) is 1. The molecular weight excluding hydrogens is 355 g/mol. The van der Waals surface area contributed by atoms with Crippen molar-refractivity contribution in [3.05, 3.63) is 57.5 Å². The summed E-state index contributed by atoms with van der Waals surface area (Å²) >= 11 is 1.19. The first-order valence-corrected chi connectivity index (χ1v) is 9.32. The van der Waals surface area contributed by atoms with Gasteiger partial charge in [0.25, 0.3) is 5.91 Å². The first-order chi connectivity index (χ1) is 12.5. The van der Waals surface area contributed by atoms with Crippen LogP contribution in [0.4, 0.5) is 4.39 Å². The van der Waals surface area contributed by atoms with E-state index >= 15 is 0 Å². The maximum Gasteiger partial charge on any atom is 0.261 e. The third-order valence-electron chi connectivity index (χ3n) is 4.37. The fourth-order valence-corrected chi connectivity index (χ4v) is 3.78. The van der Waals surface area contributed by atoms with Crippen LogP contribution in [0.5, 0.6) is 0 Å². The monoisotopic (exact) mass is 376 g/mol. The Morgan fingerprint density at radius 3 is 2.42 bits per heavy atom. The van der Waals surface area contributed by atoms with Crippen molar-refractivity contribution in [3.8, 4) is 0 Å². The molecule has 1 aromatic carbocycles. The molecule has 138 valence electrons. The van der Waals surface area contributed by atoms with E-state index in [9.17, 15) is 14.0 Å². The van der Waals surface area contributed by atoms with Crippen LogP contribution in [0, 0.1) is 5.82 Å². The lowest BCUT2D eigenvalue weighted by Crippen LogP contribution is -2.43. The van der Waals surface area contributed by atoms with E-state index in [0.717, 1.165) is 18.7 Å². The van der Waals surface area contributed by atoms with Gasteiger partial charge in [0.2, 0.25) is 0 Å². The van der Waals surface area contributed by atoms with E-state index in [0.29, 0.717) is 29.5 Å². The van der Waals surface area contributed by atoms with Gasteiger partial charge in [-0.05, 0) is 36.8 Å². The van der Waals surface area contributed by atoms with Crippen LogP contribution in [0.3, 0.4) is 0 Å². The van der Waals surface area contributed by atoms with Crippen LogP contribution >= 0.6 is 11.3 Å². The van der Waals surface area contributed by atoms with Gasteiger partial charge >= 0.3 is 0 Å². The number of carbonyl (C=O) groups is 2. The topological polar surface area (TPSA) is 58.6 Å². The number of thiophene rings is 1. The van der Waals surface area contributed by atoms with Crippen LogP contribution in [-0.4, -0.2) is 49.4 Å². The van der Waals surface area contributed by atoms with E-state index in [4.69, 9.17) is 4.74 Å². The SMILES string of the molecule is CC(=O)c1ccc(C(=O)NCC(c2ccc(F)cc2)N2CCOCC2)s1. The fourth-order valence-electron chi connectivity index (χ4n) is 2.96. The fraction of sp³-hybridized carbons (Fsp3) is 0.368. The highest BCUT2D eigenvalue weighted by atomic mass is 32.1. The second-order valence-corrected chi connectivity index (χ2v) is 7.23. The molecule has 7 heteroatoms. The second-order valence-electron chi connectivity index (χ2n) is 6.15. The first-order valence-electron chi connectivity index (χ1n) is 8.51. The quantitative estimate of drug-likeness (QED) is 0.788. The number of nitrogens with zero attached hydrogens (tertiary/aromatic N) is 1. The predicted molar refractivity (Wildman–Crippen MR) is 98.2 cm³/mol. The summed E-state index contributed by atoms with van der Waals surface area (Å²) in [4.78, 5) is 27.1. The van der Waals surface area contributed by atoms with Gasteiger partial charge in [-0.25, -0.2) is 4.39 Å². The Morgan fingerprint density at radius 1 is 1.15 bits per heavy atom. The van der Waals surface area contributed by atoms with Gasteiger partial charge in [-0.15, -0.1) is 11.3 Å². The van der Waals surface area contributed by atoms with Crippen LogP contribution in [0.25, 0.3) is 0 Å². The molecule has 3 rings (SSSR count). The molecule has 1 aliphatic rings. The molecule has 2 aromatic rings. The number of halogens is 1. The normalized spacial score (nSPS) is 16.2. The number of hydrogen-bond acceptors (Lipinski definition) is 5. The Morgan fingerprint density at radius 2 is 1.81 bits per heavy atom. The second kappa shape index (κ2) is 8.53. The molecule has 5 nitrogen and oxygen atoms in total. The van der Waals surface area contributed by atoms with Crippen molar-refractivity contribution in [1.29, 1.82) is 0 Å². The van der Waals surface area contributed by atoms with Gasteiger partial charge in [0, 0.05) is 19.6 Å².